The van der Waals surface area contributed by atoms with Gasteiger partial charge in [-0.3, -0.25) is 0 Å². The van der Waals surface area contributed by atoms with E-state index in [4.69, 9.17) is 5.73 Å². The Morgan fingerprint density at radius 2 is 1.78 bits per heavy atom. The molecule has 0 amide bonds. The first-order chi connectivity index (χ1) is 8.74. The Morgan fingerprint density at radius 1 is 1.11 bits per heavy atom. The molecule has 2 rings (SSSR count). The Morgan fingerprint density at radius 3 is 2.39 bits per heavy atom. The maximum Gasteiger partial charge on any atom is 0.146 e. The SMILES string of the molecule is CCCn1c(CN)nnc1Cc1ccc(C)cc1. The number of nitrogens with two attached hydrogens (primary N) is 1. The lowest BCUT2D eigenvalue weighted by atomic mass is 10.1. The third-order valence-electron chi connectivity index (χ3n) is 3.02. The van der Waals surface area contributed by atoms with E-state index >= 15 is 0 Å². The normalized spacial score (nSPS) is 10.8. The standard InChI is InChI=1S/C14H20N4/c1-3-8-18-13(16-17-14(18)10-15)9-12-6-4-11(2)5-7-12/h4-7H,3,8-10,15H2,1-2H3. The number of rotatable bonds is 5. The van der Waals surface area contributed by atoms with Crippen LogP contribution in [0.4, 0.5) is 0 Å². The Balaban J connectivity index is 2.22. The van der Waals surface area contributed by atoms with Gasteiger partial charge < -0.3 is 10.3 Å². The Hall–Kier alpha value is -1.68. The van der Waals surface area contributed by atoms with Gasteiger partial charge in [0.05, 0.1) is 6.54 Å². The quantitative estimate of drug-likeness (QED) is 0.875. The smallest absolute Gasteiger partial charge is 0.146 e. The van der Waals surface area contributed by atoms with E-state index in [9.17, 15) is 0 Å². The zero-order valence-corrected chi connectivity index (χ0v) is 11.1. The van der Waals surface area contributed by atoms with Crippen LogP contribution in [0.3, 0.4) is 0 Å². The lowest BCUT2D eigenvalue weighted by Gasteiger charge is -2.08. The number of hydrogen-bond donors (Lipinski definition) is 1. The average molecular weight is 244 g/mol. The summed E-state index contributed by atoms with van der Waals surface area (Å²) in [5.41, 5.74) is 8.22. The molecular weight excluding hydrogens is 224 g/mol. The molecule has 4 nitrogen and oxygen atoms in total. The van der Waals surface area contributed by atoms with E-state index < -0.39 is 0 Å². The molecule has 0 aliphatic carbocycles. The van der Waals surface area contributed by atoms with Crippen molar-refractivity contribution in [2.45, 2.75) is 39.8 Å². The average Bonchev–Trinajstić information content (AvgIpc) is 2.75. The van der Waals surface area contributed by atoms with Crippen molar-refractivity contribution in [1.29, 1.82) is 0 Å². The first-order valence-corrected chi connectivity index (χ1v) is 6.41. The summed E-state index contributed by atoms with van der Waals surface area (Å²) in [5, 5.41) is 8.41. The van der Waals surface area contributed by atoms with Crippen molar-refractivity contribution in [3.05, 3.63) is 47.0 Å². The molecule has 0 aliphatic heterocycles. The molecule has 0 radical (unpaired) electrons. The highest BCUT2D eigenvalue weighted by Crippen LogP contribution is 2.11. The molecule has 0 spiro atoms. The third kappa shape index (κ3) is 2.76. The molecular formula is C14H20N4. The van der Waals surface area contributed by atoms with Crippen molar-refractivity contribution in [1.82, 2.24) is 14.8 Å². The van der Waals surface area contributed by atoms with E-state index in [1.54, 1.807) is 0 Å². The van der Waals surface area contributed by atoms with Crippen LogP contribution in [0.5, 0.6) is 0 Å². The zero-order chi connectivity index (χ0) is 13.0. The van der Waals surface area contributed by atoms with E-state index in [1.807, 2.05) is 0 Å². The van der Waals surface area contributed by atoms with Gasteiger partial charge in [-0.15, -0.1) is 10.2 Å². The van der Waals surface area contributed by atoms with Gasteiger partial charge in [0, 0.05) is 13.0 Å². The summed E-state index contributed by atoms with van der Waals surface area (Å²) in [6.45, 7) is 5.62. The van der Waals surface area contributed by atoms with Gasteiger partial charge in [-0.1, -0.05) is 36.8 Å². The second-order valence-electron chi connectivity index (χ2n) is 4.55. The number of nitrogens with zero attached hydrogens (tertiary/aromatic N) is 3. The highest BCUT2D eigenvalue weighted by atomic mass is 15.3. The Kier molecular flexibility index (Phi) is 4.10. The van der Waals surface area contributed by atoms with Crippen molar-refractivity contribution in [2.24, 2.45) is 5.73 Å². The van der Waals surface area contributed by atoms with Crippen LogP contribution in [0.15, 0.2) is 24.3 Å². The summed E-state index contributed by atoms with van der Waals surface area (Å²) in [6, 6.07) is 8.53. The summed E-state index contributed by atoms with van der Waals surface area (Å²) < 4.78 is 2.14. The molecule has 1 aromatic carbocycles. The molecule has 0 aliphatic rings. The van der Waals surface area contributed by atoms with Gasteiger partial charge in [0.1, 0.15) is 11.6 Å². The van der Waals surface area contributed by atoms with Gasteiger partial charge in [-0.2, -0.15) is 0 Å². The largest absolute Gasteiger partial charge is 0.324 e. The van der Waals surface area contributed by atoms with Crippen LogP contribution in [0.1, 0.15) is 36.1 Å². The third-order valence-corrected chi connectivity index (χ3v) is 3.02. The van der Waals surface area contributed by atoms with Gasteiger partial charge in [-0.25, -0.2) is 0 Å². The molecule has 2 aromatic rings. The van der Waals surface area contributed by atoms with E-state index in [2.05, 4.69) is 52.9 Å². The fourth-order valence-electron chi connectivity index (χ4n) is 2.02. The topological polar surface area (TPSA) is 56.7 Å². The van der Waals surface area contributed by atoms with E-state index in [-0.39, 0.29) is 0 Å². The first-order valence-electron chi connectivity index (χ1n) is 6.41. The molecule has 0 unspecified atom stereocenters. The molecule has 18 heavy (non-hydrogen) atoms. The van der Waals surface area contributed by atoms with Crippen molar-refractivity contribution >= 4 is 0 Å². The molecule has 96 valence electrons. The van der Waals surface area contributed by atoms with Crippen molar-refractivity contribution in [3.8, 4) is 0 Å². The summed E-state index contributed by atoms with van der Waals surface area (Å²) in [6.07, 6.45) is 1.87. The summed E-state index contributed by atoms with van der Waals surface area (Å²) in [5.74, 6) is 1.88. The highest BCUT2D eigenvalue weighted by Gasteiger charge is 2.10. The predicted octanol–water partition coefficient (Wildman–Crippen LogP) is 2.05. The Bertz CT molecular complexity index is 499. The fourth-order valence-corrected chi connectivity index (χ4v) is 2.02. The van der Waals surface area contributed by atoms with Crippen molar-refractivity contribution < 1.29 is 0 Å². The van der Waals surface area contributed by atoms with Crippen LogP contribution in [0.2, 0.25) is 0 Å². The predicted molar refractivity (Wildman–Crippen MR) is 72.2 cm³/mol. The van der Waals surface area contributed by atoms with E-state index in [0.717, 1.165) is 31.0 Å². The van der Waals surface area contributed by atoms with Gasteiger partial charge in [-0.05, 0) is 18.9 Å². The van der Waals surface area contributed by atoms with Gasteiger partial charge in [0.25, 0.3) is 0 Å². The lowest BCUT2D eigenvalue weighted by molar-refractivity contribution is 0.615. The molecule has 1 aromatic heterocycles. The fraction of sp³-hybridized carbons (Fsp3) is 0.429. The van der Waals surface area contributed by atoms with E-state index in [1.165, 1.54) is 11.1 Å². The number of hydrogen-bond acceptors (Lipinski definition) is 3. The van der Waals surface area contributed by atoms with Crippen LogP contribution in [0.25, 0.3) is 0 Å². The molecule has 1 heterocycles. The molecule has 0 bridgehead atoms. The molecule has 0 atom stereocenters. The molecule has 4 heteroatoms. The maximum absolute atomic E-state index is 5.68. The molecule has 0 saturated carbocycles. The van der Waals surface area contributed by atoms with Crippen molar-refractivity contribution in [3.63, 3.8) is 0 Å². The van der Waals surface area contributed by atoms with E-state index in [0.29, 0.717) is 6.54 Å². The zero-order valence-electron chi connectivity index (χ0n) is 11.1. The second kappa shape index (κ2) is 5.78. The van der Waals surface area contributed by atoms with Crippen LogP contribution in [0, 0.1) is 6.92 Å². The van der Waals surface area contributed by atoms with Gasteiger partial charge in [0.15, 0.2) is 0 Å². The highest BCUT2D eigenvalue weighted by molar-refractivity contribution is 5.24. The lowest BCUT2D eigenvalue weighted by Crippen LogP contribution is -2.11. The first kappa shape index (κ1) is 12.8. The van der Waals surface area contributed by atoms with Crippen LogP contribution in [-0.2, 0) is 19.5 Å². The number of benzene rings is 1. The molecule has 0 fully saturated rings. The molecule has 0 saturated heterocycles. The monoisotopic (exact) mass is 244 g/mol. The minimum atomic E-state index is 0.445. The van der Waals surface area contributed by atoms with Crippen molar-refractivity contribution in [2.75, 3.05) is 0 Å². The maximum atomic E-state index is 5.68. The summed E-state index contributed by atoms with van der Waals surface area (Å²) in [4.78, 5) is 0. The number of aryl methyl sites for hydroxylation is 1. The van der Waals surface area contributed by atoms with Gasteiger partial charge >= 0.3 is 0 Å². The molecule has 2 N–H and O–H groups in total. The minimum Gasteiger partial charge on any atom is -0.324 e. The van der Waals surface area contributed by atoms with Crippen LogP contribution < -0.4 is 5.73 Å². The van der Waals surface area contributed by atoms with Crippen LogP contribution in [-0.4, -0.2) is 14.8 Å². The summed E-state index contributed by atoms with van der Waals surface area (Å²) in [7, 11) is 0. The Labute approximate surface area is 108 Å². The second-order valence-corrected chi connectivity index (χ2v) is 4.55. The minimum absolute atomic E-state index is 0.445. The van der Waals surface area contributed by atoms with Crippen LogP contribution >= 0.6 is 0 Å². The number of aromatic nitrogens is 3. The summed E-state index contributed by atoms with van der Waals surface area (Å²) >= 11 is 0. The van der Waals surface area contributed by atoms with Gasteiger partial charge in [0.2, 0.25) is 0 Å².